The second-order valence-corrected chi connectivity index (χ2v) is 8.02. The number of aryl methyl sites for hydroxylation is 1. The molecule has 0 saturated heterocycles. The smallest absolute Gasteiger partial charge is 0.243 e. The lowest BCUT2D eigenvalue weighted by atomic mass is 10.2. The van der Waals surface area contributed by atoms with Gasteiger partial charge in [0.05, 0.1) is 11.5 Å². The van der Waals surface area contributed by atoms with Crippen LogP contribution in [0, 0.1) is 6.92 Å². The number of hydrogen-bond donors (Lipinski definition) is 0. The van der Waals surface area contributed by atoms with Crippen LogP contribution in [-0.2, 0) is 21.3 Å². The molecule has 2 rings (SSSR count). The van der Waals surface area contributed by atoms with Gasteiger partial charge in [0.2, 0.25) is 10.0 Å². The average Bonchev–Trinajstić information content (AvgIpc) is 2.54. The fraction of sp³-hybridized carbons (Fsp3) is 0.294. The van der Waals surface area contributed by atoms with Gasteiger partial charge in [-0.15, -0.1) is 0 Å². The van der Waals surface area contributed by atoms with E-state index in [0.29, 0.717) is 24.6 Å². The number of nitrogens with zero attached hydrogens (tertiary/aromatic N) is 1. The Bertz CT molecular complexity index is 748. The first-order valence-electron chi connectivity index (χ1n) is 7.24. The average molecular weight is 398 g/mol. The summed E-state index contributed by atoms with van der Waals surface area (Å²) in [7, 11) is -2.01. The molecule has 0 radical (unpaired) electrons. The summed E-state index contributed by atoms with van der Waals surface area (Å²) in [4.78, 5) is 0.297. The Morgan fingerprint density at radius 1 is 1.13 bits per heavy atom. The molecule has 2 aromatic carbocycles. The van der Waals surface area contributed by atoms with Crippen molar-refractivity contribution >= 4 is 26.0 Å². The molecule has 6 heteroatoms. The predicted molar refractivity (Wildman–Crippen MR) is 94.8 cm³/mol. The fourth-order valence-corrected chi connectivity index (χ4v) is 3.94. The fourth-order valence-electron chi connectivity index (χ4n) is 2.19. The Kier molecular flexibility index (Phi) is 6.35. The van der Waals surface area contributed by atoms with E-state index in [0.717, 1.165) is 15.6 Å². The quantitative estimate of drug-likeness (QED) is 0.716. The zero-order valence-corrected chi connectivity index (χ0v) is 15.6. The van der Waals surface area contributed by atoms with Gasteiger partial charge in [0, 0.05) is 24.7 Å². The van der Waals surface area contributed by atoms with E-state index in [4.69, 9.17) is 4.74 Å². The van der Waals surface area contributed by atoms with Crippen molar-refractivity contribution in [1.82, 2.24) is 4.31 Å². The molecular weight excluding hydrogens is 378 g/mol. The van der Waals surface area contributed by atoms with Crippen LogP contribution in [-0.4, -0.2) is 33.0 Å². The summed E-state index contributed by atoms with van der Waals surface area (Å²) in [5, 5.41) is 0. The van der Waals surface area contributed by atoms with Crippen LogP contribution in [0.25, 0.3) is 0 Å². The van der Waals surface area contributed by atoms with Crippen molar-refractivity contribution in [2.45, 2.75) is 18.4 Å². The van der Waals surface area contributed by atoms with Crippen molar-refractivity contribution in [1.29, 1.82) is 0 Å². The molecule has 23 heavy (non-hydrogen) atoms. The maximum atomic E-state index is 13.0. The molecule has 0 fully saturated rings. The molecule has 2 aromatic rings. The molecule has 0 aliphatic rings. The molecule has 4 nitrogen and oxygen atoms in total. The van der Waals surface area contributed by atoms with Crippen molar-refractivity contribution < 1.29 is 13.2 Å². The lowest BCUT2D eigenvalue weighted by Gasteiger charge is -2.22. The first-order valence-corrected chi connectivity index (χ1v) is 9.47. The molecule has 0 unspecified atom stereocenters. The van der Waals surface area contributed by atoms with Crippen molar-refractivity contribution in [3.63, 3.8) is 0 Å². The van der Waals surface area contributed by atoms with Crippen molar-refractivity contribution in [3.05, 3.63) is 64.1 Å². The summed E-state index contributed by atoms with van der Waals surface area (Å²) >= 11 is 3.40. The van der Waals surface area contributed by atoms with Crippen LogP contribution >= 0.6 is 15.9 Å². The standard InChI is InChI=1S/C17H20BrNO3S/c1-14-12-16(8-9-17(14)18)23(20,21)19(10-11-22-2)13-15-6-4-3-5-7-15/h3-9,12H,10-11,13H2,1-2H3. The summed E-state index contributed by atoms with van der Waals surface area (Å²) in [6.45, 7) is 2.85. The highest BCUT2D eigenvalue weighted by Crippen LogP contribution is 2.23. The molecule has 0 saturated carbocycles. The molecule has 0 bridgehead atoms. The van der Waals surface area contributed by atoms with Gasteiger partial charge in [0.1, 0.15) is 0 Å². The maximum Gasteiger partial charge on any atom is 0.243 e. The van der Waals surface area contributed by atoms with Gasteiger partial charge in [-0.05, 0) is 36.2 Å². The lowest BCUT2D eigenvalue weighted by molar-refractivity contribution is 0.177. The summed E-state index contributed by atoms with van der Waals surface area (Å²) < 4.78 is 33.3. The third-order valence-electron chi connectivity index (χ3n) is 3.51. The Morgan fingerprint density at radius 3 is 2.43 bits per heavy atom. The van der Waals surface area contributed by atoms with Crippen LogP contribution in [0.2, 0.25) is 0 Å². The predicted octanol–water partition coefficient (Wildman–Crippen LogP) is 3.59. The first kappa shape index (κ1) is 18.1. The van der Waals surface area contributed by atoms with E-state index in [1.54, 1.807) is 25.3 Å². The van der Waals surface area contributed by atoms with Crippen molar-refractivity contribution in [2.24, 2.45) is 0 Å². The van der Waals surface area contributed by atoms with E-state index in [1.807, 2.05) is 37.3 Å². The minimum absolute atomic E-state index is 0.297. The van der Waals surface area contributed by atoms with Crippen LogP contribution in [0.3, 0.4) is 0 Å². The highest BCUT2D eigenvalue weighted by atomic mass is 79.9. The van der Waals surface area contributed by atoms with E-state index in [9.17, 15) is 8.42 Å². The molecule has 124 valence electrons. The van der Waals surface area contributed by atoms with Gasteiger partial charge < -0.3 is 4.74 Å². The summed E-state index contributed by atoms with van der Waals surface area (Å²) in [5.41, 5.74) is 1.83. The molecule has 0 spiro atoms. The van der Waals surface area contributed by atoms with Crippen molar-refractivity contribution in [2.75, 3.05) is 20.3 Å². The molecule has 0 amide bonds. The van der Waals surface area contributed by atoms with Crippen molar-refractivity contribution in [3.8, 4) is 0 Å². The molecule has 0 aliphatic carbocycles. The van der Waals surface area contributed by atoms with Gasteiger partial charge in [0.25, 0.3) is 0 Å². The van der Waals surface area contributed by atoms with Gasteiger partial charge in [-0.3, -0.25) is 0 Å². The van der Waals surface area contributed by atoms with Crippen LogP contribution in [0.4, 0.5) is 0 Å². The minimum atomic E-state index is -3.58. The van der Waals surface area contributed by atoms with Gasteiger partial charge in [0.15, 0.2) is 0 Å². The second-order valence-electron chi connectivity index (χ2n) is 5.23. The largest absolute Gasteiger partial charge is 0.383 e. The normalized spacial score (nSPS) is 11.8. The SMILES string of the molecule is COCCN(Cc1ccccc1)S(=O)(=O)c1ccc(Br)c(C)c1. The van der Waals surface area contributed by atoms with E-state index >= 15 is 0 Å². The van der Waals surface area contributed by atoms with E-state index in [-0.39, 0.29) is 0 Å². The van der Waals surface area contributed by atoms with Crippen LogP contribution < -0.4 is 0 Å². The summed E-state index contributed by atoms with van der Waals surface area (Å²) in [6.07, 6.45) is 0. The monoisotopic (exact) mass is 397 g/mol. The Labute approximate surface area is 146 Å². The molecule has 0 aromatic heterocycles. The summed E-state index contributed by atoms with van der Waals surface area (Å²) in [5.74, 6) is 0. The van der Waals surface area contributed by atoms with E-state index in [1.165, 1.54) is 4.31 Å². The van der Waals surface area contributed by atoms with E-state index < -0.39 is 10.0 Å². The highest BCUT2D eigenvalue weighted by molar-refractivity contribution is 9.10. The Balaban J connectivity index is 2.34. The lowest BCUT2D eigenvalue weighted by Crippen LogP contribution is -2.33. The third-order valence-corrected chi connectivity index (χ3v) is 6.24. The van der Waals surface area contributed by atoms with Crippen LogP contribution in [0.15, 0.2) is 57.9 Å². The number of halogens is 1. The highest BCUT2D eigenvalue weighted by Gasteiger charge is 2.24. The zero-order valence-electron chi connectivity index (χ0n) is 13.2. The Morgan fingerprint density at radius 2 is 1.83 bits per heavy atom. The topological polar surface area (TPSA) is 46.6 Å². The van der Waals surface area contributed by atoms with Gasteiger partial charge in [-0.25, -0.2) is 8.42 Å². The van der Waals surface area contributed by atoms with Crippen LogP contribution in [0.1, 0.15) is 11.1 Å². The summed E-state index contributed by atoms with van der Waals surface area (Å²) in [6, 6.07) is 14.6. The Hall–Kier alpha value is -1.21. The third kappa shape index (κ3) is 4.64. The first-order chi connectivity index (χ1) is 10.9. The number of sulfonamides is 1. The minimum Gasteiger partial charge on any atom is -0.383 e. The second kappa shape index (κ2) is 8.06. The maximum absolute atomic E-state index is 13.0. The van der Waals surface area contributed by atoms with E-state index in [2.05, 4.69) is 15.9 Å². The van der Waals surface area contributed by atoms with Gasteiger partial charge in [-0.1, -0.05) is 46.3 Å². The molecule has 0 N–H and O–H groups in total. The number of benzene rings is 2. The van der Waals surface area contributed by atoms with Crippen LogP contribution in [0.5, 0.6) is 0 Å². The number of hydrogen-bond acceptors (Lipinski definition) is 3. The molecular formula is C17H20BrNO3S. The molecule has 0 aliphatic heterocycles. The molecule has 0 atom stereocenters. The van der Waals surface area contributed by atoms with Gasteiger partial charge in [-0.2, -0.15) is 4.31 Å². The molecule has 0 heterocycles. The number of methoxy groups -OCH3 is 1. The van der Waals surface area contributed by atoms with Gasteiger partial charge >= 0.3 is 0 Å². The number of ether oxygens (including phenoxy) is 1. The number of rotatable bonds is 7. The zero-order chi connectivity index (χ0) is 16.9.